The number of hydrogen-bond acceptors (Lipinski definition) is 4. The van der Waals surface area contributed by atoms with Crippen LogP contribution in [0.5, 0.6) is 0 Å². The van der Waals surface area contributed by atoms with Crippen molar-refractivity contribution in [2.45, 2.75) is 52.2 Å². The van der Waals surface area contributed by atoms with Crippen LogP contribution in [0, 0.1) is 6.92 Å². The molecule has 0 aliphatic rings. The van der Waals surface area contributed by atoms with Gasteiger partial charge in [0.1, 0.15) is 12.6 Å². The van der Waals surface area contributed by atoms with E-state index in [0.29, 0.717) is 21.3 Å². The van der Waals surface area contributed by atoms with Gasteiger partial charge in [0, 0.05) is 34.1 Å². The fraction of sp³-hybridized carbons (Fsp3) is 0.333. The van der Waals surface area contributed by atoms with Crippen LogP contribution < -0.4 is 9.62 Å². The normalized spacial score (nSPS) is 12.5. The minimum Gasteiger partial charge on any atom is -0.350 e. The van der Waals surface area contributed by atoms with Gasteiger partial charge in [0.15, 0.2) is 0 Å². The van der Waals surface area contributed by atoms with Crippen LogP contribution in [-0.4, -0.2) is 49.5 Å². The third kappa shape index (κ3) is 8.71. The van der Waals surface area contributed by atoms with Gasteiger partial charge in [-0.25, -0.2) is 8.42 Å². The summed E-state index contributed by atoms with van der Waals surface area (Å²) in [4.78, 5) is 29.2. The minimum atomic E-state index is -3.85. The summed E-state index contributed by atoms with van der Waals surface area (Å²) in [5.41, 5.74) is 2.00. The van der Waals surface area contributed by atoms with Gasteiger partial charge in [0.05, 0.1) is 11.9 Å². The maximum Gasteiger partial charge on any atom is 0.244 e. The van der Waals surface area contributed by atoms with E-state index in [-0.39, 0.29) is 18.9 Å². The Morgan fingerprint density at radius 2 is 1.48 bits per heavy atom. The molecule has 214 valence electrons. The summed E-state index contributed by atoms with van der Waals surface area (Å²) in [6, 6.07) is 20.2. The van der Waals surface area contributed by atoms with E-state index in [1.807, 2.05) is 58.0 Å². The number of sulfonamides is 1. The topological polar surface area (TPSA) is 86.8 Å². The smallest absolute Gasteiger partial charge is 0.244 e. The number of benzene rings is 3. The first kappa shape index (κ1) is 31.5. The Hall–Kier alpha value is -3.07. The van der Waals surface area contributed by atoms with Gasteiger partial charge in [-0.2, -0.15) is 0 Å². The van der Waals surface area contributed by atoms with Gasteiger partial charge in [0.25, 0.3) is 0 Å². The highest BCUT2D eigenvalue weighted by atomic mass is 35.5. The standard InChI is InChI=1S/C30H35Cl2N3O4S/c1-21-14-16-23(17-15-21)35(40(5,38)39)20-28(36)34(19-24-25(31)12-9-13-26(24)32)27(29(37)33-30(2,3)4)18-22-10-7-6-8-11-22/h6-17,27H,18-20H2,1-5H3,(H,33,37)/t27-/m1/s1. The van der Waals surface area contributed by atoms with Gasteiger partial charge < -0.3 is 10.2 Å². The maximum absolute atomic E-state index is 14.1. The molecule has 0 bridgehead atoms. The third-order valence-electron chi connectivity index (χ3n) is 6.16. The van der Waals surface area contributed by atoms with E-state index in [0.717, 1.165) is 21.7 Å². The summed E-state index contributed by atoms with van der Waals surface area (Å²) in [6.07, 6.45) is 1.24. The number of anilines is 1. The van der Waals surface area contributed by atoms with E-state index >= 15 is 0 Å². The van der Waals surface area contributed by atoms with Crippen LogP contribution in [-0.2, 0) is 32.6 Å². The molecular weight excluding hydrogens is 569 g/mol. The number of halogens is 2. The van der Waals surface area contributed by atoms with Crippen molar-refractivity contribution in [2.75, 3.05) is 17.1 Å². The maximum atomic E-state index is 14.1. The van der Waals surface area contributed by atoms with Gasteiger partial charge in [0.2, 0.25) is 21.8 Å². The van der Waals surface area contributed by atoms with Crippen molar-refractivity contribution >= 4 is 50.7 Å². The molecule has 0 radical (unpaired) electrons. The number of carbonyl (C=O) groups is 2. The summed E-state index contributed by atoms with van der Waals surface area (Å²) < 4.78 is 26.8. The lowest BCUT2D eigenvalue weighted by atomic mass is 10.0. The quantitative estimate of drug-likeness (QED) is 0.326. The summed E-state index contributed by atoms with van der Waals surface area (Å²) in [5.74, 6) is -0.957. The molecule has 0 aliphatic carbocycles. The zero-order chi connectivity index (χ0) is 29.7. The molecule has 2 amide bonds. The van der Waals surface area contributed by atoms with Gasteiger partial charge in [-0.1, -0.05) is 77.3 Å². The van der Waals surface area contributed by atoms with Crippen LogP contribution >= 0.6 is 23.2 Å². The molecule has 0 fully saturated rings. The summed E-state index contributed by atoms with van der Waals surface area (Å²) in [6.45, 7) is 6.83. The molecule has 0 aromatic heterocycles. The van der Waals surface area contributed by atoms with Gasteiger partial charge in [-0.15, -0.1) is 0 Å². The summed E-state index contributed by atoms with van der Waals surface area (Å²) in [7, 11) is -3.85. The number of hydrogen-bond donors (Lipinski definition) is 1. The molecule has 0 heterocycles. The Morgan fingerprint density at radius 1 is 0.900 bits per heavy atom. The number of nitrogens with zero attached hydrogens (tertiary/aromatic N) is 2. The first-order chi connectivity index (χ1) is 18.7. The second-order valence-corrected chi connectivity index (χ2v) is 13.5. The van der Waals surface area contributed by atoms with Crippen molar-refractivity contribution in [3.63, 3.8) is 0 Å². The van der Waals surface area contributed by atoms with Crippen molar-refractivity contribution in [2.24, 2.45) is 0 Å². The number of nitrogens with one attached hydrogen (secondary N) is 1. The number of amides is 2. The van der Waals surface area contributed by atoms with E-state index in [1.54, 1.807) is 42.5 Å². The van der Waals surface area contributed by atoms with E-state index in [4.69, 9.17) is 23.2 Å². The zero-order valence-electron chi connectivity index (χ0n) is 23.3. The van der Waals surface area contributed by atoms with Crippen molar-refractivity contribution in [3.8, 4) is 0 Å². The fourth-order valence-electron chi connectivity index (χ4n) is 4.19. The highest BCUT2D eigenvalue weighted by molar-refractivity contribution is 7.92. The van der Waals surface area contributed by atoms with Crippen LogP contribution in [0.25, 0.3) is 0 Å². The average Bonchev–Trinajstić information content (AvgIpc) is 2.85. The van der Waals surface area contributed by atoms with Crippen LogP contribution in [0.4, 0.5) is 5.69 Å². The van der Waals surface area contributed by atoms with Crippen LogP contribution in [0.15, 0.2) is 72.8 Å². The molecule has 0 aliphatic heterocycles. The van der Waals surface area contributed by atoms with Crippen molar-refractivity contribution in [3.05, 3.63) is 99.5 Å². The monoisotopic (exact) mass is 603 g/mol. The zero-order valence-corrected chi connectivity index (χ0v) is 25.6. The lowest BCUT2D eigenvalue weighted by Gasteiger charge is -2.35. The highest BCUT2D eigenvalue weighted by Gasteiger charge is 2.35. The average molecular weight is 605 g/mol. The first-order valence-corrected chi connectivity index (χ1v) is 15.4. The Bertz CT molecular complexity index is 1420. The van der Waals surface area contributed by atoms with Crippen LogP contribution in [0.2, 0.25) is 10.0 Å². The molecule has 1 N–H and O–H groups in total. The van der Waals surface area contributed by atoms with Gasteiger partial charge in [-0.05, 0) is 57.5 Å². The fourth-order valence-corrected chi connectivity index (χ4v) is 5.55. The molecule has 3 aromatic carbocycles. The van der Waals surface area contributed by atoms with E-state index in [2.05, 4.69) is 5.32 Å². The largest absolute Gasteiger partial charge is 0.350 e. The molecule has 10 heteroatoms. The molecular formula is C30H35Cl2N3O4S. The van der Waals surface area contributed by atoms with Gasteiger partial charge >= 0.3 is 0 Å². The van der Waals surface area contributed by atoms with Crippen molar-refractivity contribution in [1.29, 1.82) is 0 Å². The van der Waals surface area contributed by atoms with Gasteiger partial charge in [-0.3, -0.25) is 13.9 Å². The first-order valence-electron chi connectivity index (χ1n) is 12.8. The molecule has 3 rings (SSSR count). The minimum absolute atomic E-state index is 0.0993. The Labute approximate surface area is 247 Å². The Morgan fingerprint density at radius 3 is 2.00 bits per heavy atom. The molecule has 0 saturated heterocycles. The Kier molecular flexibility index (Phi) is 10.3. The second kappa shape index (κ2) is 13.1. The molecule has 3 aromatic rings. The number of rotatable bonds is 10. The molecule has 40 heavy (non-hydrogen) atoms. The Balaban J connectivity index is 2.11. The summed E-state index contributed by atoms with van der Waals surface area (Å²) >= 11 is 13.0. The predicted molar refractivity (Wildman–Crippen MR) is 162 cm³/mol. The van der Waals surface area contributed by atoms with Crippen LogP contribution in [0.1, 0.15) is 37.5 Å². The SMILES string of the molecule is Cc1ccc(N(CC(=O)N(Cc2c(Cl)cccc2Cl)[C@H](Cc2ccccc2)C(=O)NC(C)(C)C)S(C)(=O)=O)cc1. The third-order valence-corrected chi connectivity index (χ3v) is 8.01. The van der Waals surface area contributed by atoms with Crippen molar-refractivity contribution < 1.29 is 18.0 Å². The van der Waals surface area contributed by atoms with Crippen LogP contribution in [0.3, 0.4) is 0 Å². The molecule has 0 unspecified atom stereocenters. The highest BCUT2D eigenvalue weighted by Crippen LogP contribution is 2.28. The predicted octanol–water partition coefficient (Wildman–Crippen LogP) is 5.62. The van der Waals surface area contributed by atoms with Crippen molar-refractivity contribution in [1.82, 2.24) is 10.2 Å². The van der Waals surface area contributed by atoms with E-state index < -0.39 is 34.1 Å². The van der Waals surface area contributed by atoms with E-state index in [1.165, 1.54) is 4.90 Å². The number of carbonyl (C=O) groups excluding carboxylic acids is 2. The molecule has 0 saturated carbocycles. The lowest BCUT2D eigenvalue weighted by molar-refractivity contribution is -0.140. The molecule has 7 nitrogen and oxygen atoms in total. The van der Waals surface area contributed by atoms with E-state index in [9.17, 15) is 18.0 Å². The lowest BCUT2D eigenvalue weighted by Crippen LogP contribution is -2.56. The molecule has 1 atom stereocenters. The number of aryl methyl sites for hydroxylation is 1. The second-order valence-electron chi connectivity index (χ2n) is 10.8. The summed E-state index contributed by atoms with van der Waals surface area (Å²) in [5, 5.41) is 3.64. The molecule has 0 spiro atoms.